The quantitative estimate of drug-likeness (QED) is 0.782. The standard InChI is InChI=1S/C22H32N4O5/c1-22(2,3)31-21(30)26(20(29)25-11-7-10-18(25)19(27)28)24-14-12-23(13-15-24)16-17-8-5-4-6-9-17/h4-6,8-9,18H,7,10-16H2,1-3H3,(H,27,28)/t18-/m0/s1. The van der Waals surface area contributed by atoms with Gasteiger partial charge in [-0.3, -0.25) is 4.90 Å². The number of benzene rings is 1. The maximum absolute atomic E-state index is 13.3. The van der Waals surface area contributed by atoms with Gasteiger partial charge in [-0.05, 0) is 39.2 Å². The van der Waals surface area contributed by atoms with Crippen LogP contribution >= 0.6 is 0 Å². The van der Waals surface area contributed by atoms with Gasteiger partial charge in [-0.1, -0.05) is 30.3 Å². The highest BCUT2D eigenvalue weighted by atomic mass is 16.6. The fourth-order valence-electron chi connectivity index (χ4n) is 3.93. The molecule has 170 valence electrons. The summed E-state index contributed by atoms with van der Waals surface area (Å²) < 4.78 is 5.49. The molecule has 1 N–H and O–H groups in total. The molecular formula is C22H32N4O5. The van der Waals surface area contributed by atoms with Gasteiger partial charge in [0.2, 0.25) is 0 Å². The van der Waals surface area contributed by atoms with E-state index < -0.39 is 29.7 Å². The Kier molecular flexibility index (Phi) is 7.17. The number of hydrogen-bond acceptors (Lipinski definition) is 6. The molecular weight excluding hydrogens is 400 g/mol. The number of rotatable bonds is 4. The van der Waals surface area contributed by atoms with Gasteiger partial charge in [0.1, 0.15) is 11.6 Å². The molecule has 0 spiro atoms. The summed E-state index contributed by atoms with van der Waals surface area (Å²) in [5.74, 6) is -1.05. The van der Waals surface area contributed by atoms with Gasteiger partial charge in [-0.2, -0.15) is 5.01 Å². The number of carboxylic acid groups (broad SMARTS) is 1. The van der Waals surface area contributed by atoms with Crippen LogP contribution in [0, 0.1) is 0 Å². The zero-order chi connectivity index (χ0) is 22.6. The van der Waals surface area contributed by atoms with Gasteiger partial charge in [-0.25, -0.2) is 19.4 Å². The second kappa shape index (κ2) is 9.65. The SMILES string of the molecule is CC(C)(C)OC(=O)N(C(=O)N1CCC[C@H]1C(=O)O)N1CCN(Cc2ccccc2)CC1. The van der Waals surface area contributed by atoms with Crippen LogP contribution in [0.5, 0.6) is 0 Å². The molecule has 2 heterocycles. The highest BCUT2D eigenvalue weighted by Crippen LogP contribution is 2.23. The molecule has 0 radical (unpaired) electrons. The second-order valence-corrected chi connectivity index (χ2v) is 8.98. The Labute approximate surface area is 183 Å². The summed E-state index contributed by atoms with van der Waals surface area (Å²) in [6.07, 6.45) is 0.203. The lowest BCUT2D eigenvalue weighted by molar-refractivity contribution is -0.141. The van der Waals surface area contributed by atoms with E-state index in [1.54, 1.807) is 25.8 Å². The molecule has 3 rings (SSSR count). The molecule has 1 aromatic rings. The largest absolute Gasteiger partial charge is 0.480 e. The molecule has 1 atom stereocenters. The van der Waals surface area contributed by atoms with Crippen molar-refractivity contribution in [2.45, 2.75) is 51.8 Å². The van der Waals surface area contributed by atoms with E-state index in [0.29, 0.717) is 45.6 Å². The van der Waals surface area contributed by atoms with Crippen molar-refractivity contribution >= 4 is 18.1 Å². The summed E-state index contributed by atoms with van der Waals surface area (Å²) in [5.41, 5.74) is 0.430. The van der Waals surface area contributed by atoms with Crippen molar-refractivity contribution in [1.29, 1.82) is 0 Å². The maximum Gasteiger partial charge on any atom is 0.433 e. The lowest BCUT2D eigenvalue weighted by Gasteiger charge is -2.41. The zero-order valence-corrected chi connectivity index (χ0v) is 18.5. The number of aliphatic carboxylic acids is 1. The number of amides is 3. The van der Waals surface area contributed by atoms with Gasteiger partial charge in [0.05, 0.1) is 0 Å². The van der Waals surface area contributed by atoms with Crippen LogP contribution in [0.3, 0.4) is 0 Å². The van der Waals surface area contributed by atoms with Crippen LogP contribution in [-0.2, 0) is 16.1 Å². The van der Waals surface area contributed by atoms with Crippen molar-refractivity contribution in [1.82, 2.24) is 19.8 Å². The highest BCUT2D eigenvalue weighted by Gasteiger charge is 2.42. The van der Waals surface area contributed by atoms with Gasteiger partial charge < -0.3 is 14.7 Å². The number of carbonyl (C=O) groups is 3. The van der Waals surface area contributed by atoms with Crippen molar-refractivity contribution in [2.75, 3.05) is 32.7 Å². The minimum atomic E-state index is -1.05. The Hall–Kier alpha value is -2.65. The average Bonchev–Trinajstić information content (AvgIpc) is 3.19. The number of piperazine rings is 1. The smallest absolute Gasteiger partial charge is 0.433 e. The van der Waals surface area contributed by atoms with Crippen LogP contribution in [0.25, 0.3) is 0 Å². The Morgan fingerprint density at radius 1 is 1.06 bits per heavy atom. The van der Waals surface area contributed by atoms with Crippen molar-refractivity contribution in [3.05, 3.63) is 35.9 Å². The number of hydrazine groups is 1. The number of ether oxygens (including phenoxy) is 1. The molecule has 2 aliphatic heterocycles. The first-order valence-electron chi connectivity index (χ1n) is 10.7. The van der Waals surface area contributed by atoms with Crippen molar-refractivity contribution < 1.29 is 24.2 Å². The Morgan fingerprint density at radius 2 is 1.71 bits per heavy atom. The summed E-state index contributed by atoms with van der Waals surface area (Å²) in [4.78, 5) is 41.4. The summed E-state index contributed by atoms with van der Waals surface area (Å²) in [7, 11) is 0. The van der Waals surface area contributed by atoms with E-state index in [1.165, 1.54) is 10.5 Å². The van der Waals surface area contributed by atoms with E-state index in [-0.39, 0.29) is 0 Å². The molecule has 0 aliphatic carbocycles. The number of urea groups is 1. The number of imide groups is 1. The van der Waals surface area contributed by atoms with Crippen molar-refractivity contribution in [3.8, 4) is 0 Å². The predicted octanol–water partition coefficient (Wildman–Crippen LogP) is 2.63. The van der Waals surface area contributed by atoms with Crippen molar-refractivity contribution in [2.24, 2.45) is 0 Å². The normalized spacial score (nSPS) is 20.5. The molecule has 0 bridgehead atoms. The van der Waals surface area contributed by atoms with E-state index in [9.17, 15) is 19.5 Å². The first kappa shape index (κ1) is 23.0. The average molecular weight is 433 g/mol. The van der Waals surface area contributed by atoms with Gasteiger partial charge >= 0.3 is 18.1 Å². The fourth-order valence-corrected chi connectivity index (χ4v) is 3.93. The Balaban J connectivity index is 1.72. The summed E-state index contributed by atoms with van der Waals surface area (Å²) in [6, 6.07) is 8.58. The van der Waals surface area contributed by atoms with Gasteiger partial charge in [0.25, 0.3) is 0 Å². The molecule has 9 heteroatoms. The second-order valence-electron chi connectivity index (χ2n) is 8.98. The molecule has 3 amide bonds. The summed E-state index contributed by atoms with van der Waals surface area (Å²) in [5, 5.41) is 12.2. The summed E-state index contributed by atoms with van der Waals surface area (Å²) >= 11 is 0. The molecule has 1 aromatic carbocycles. The third-order valence-corrected chi connectivity index (χ3v) is 5.41. The molecule has 9 nitrogen and oxygen atoms in total. The van der Waals surface area contributed by atoms with E-state index in [0.717, 1.165) is 11.6 Å². The van der Waals surface area contributed by atoms with Crippen LogP contribution in [0.15, 0.2) is 30.3 Å². The van der Waals surface area contributed by atoms with Gasteiger partial charge in [0, 0.05) is 39.3 Å². The monoisotopic (exact) mass is 432 g/mol. The topological polar surface area (TPSA) is 93.6 Å². The lowest BCUT2D eigenvalue weighted by atomic mass is 10.2. The Bertz CT molecular complexity index is 787. The van der Waals surface area contributed by atoms with E-state index in [4.69, 9.17) is 4.74 Å². The number of carbonyl (C=O) groups excluding carboxylic acids is 2. The van der Waals surface area contributed by atoms with Crippen LogP contribution in [0.1, 0.15) is 39.2 Å². The maximum atomic E-state index is 13.3. The molecule has 31 heavy (non-hydrogen) atoms. The third kappa shape index (κ3) is 5.95. The third-order valence-electron chi connectivity index (χ3n) is 5.41. The molecule has 0 aromatic heterocycles. The lowest BCUT2D eigenvalue weighted by Crippen LogP contribution is -2.61. The molecule has 2 fully saturated rings. The van der Waals surface area contributed by atoms with Gasteiger partial charge in [0.15, 0.2) is 0 Å². The molecule has 0 unspecified atom stereocenters. The molecule has 0 saturated carbocycles. The van der Waals surface area contributed by atoms with Crippen LogP contribution in [0.4, 0.5) is 9.59 Å². The minimum absolute atomic E-state index is 0.309. The predicted molar refractivity (Wildman–Crippen MR) is 114 cm³/mol. The Morgan fingerprint density at radius 3 is 2.29 bits per heavy atom. The fraction of sp³-hybridized carbons (Fsp3) is 0.591. The van der Waals surface area contributed by atoms with Crippen LogP contribution in [-0.4, -0.2) is 87.4 Å². The number of carboxylic acids is 1. The van der Waals surface area contributed by atoms with Crippen molar-refractivity contribution in [3.63, 3.8) is 0 Å². The first-order chi connectivity index (χ1) is 14.7. The number of nitrogens with zero attached hydrogens (tertiary/aromatic N) is 4. The number of likely N-dealkylation sites (tertiary alicyclic amines) is 1. The molecule has 2 aliphatic rings. The van der Waals surface area contributed by atoms with Crippen LogP contribution < -0.4 is 0 Å². The minimum Gasteiger partial charge on any atom is -0.480 e. The van der Waals surface area contributed by atoms with E-state index >= 15 is 0 Å². The van der Waals surface area contributed by atoms with E-state index in [1.807, 2.05) is 18.2 Å². The zero-order valence-electron chi connectivity index (χ0n) is 18.5. The van der Waals surface area contributed by atoms with Gasteiger partial charge in [-0.15, -0.1) is 0 Å². The number of hydrogen-bond donors (Lipinski definition) is 1. The molecule has 2 saturated heterocycles. The van der Waals surface area contributed by atoms with Crippen LogP contribution in [0.2, 0.25) is 0 Å². The first-order valence-corrected chi connectivity index (χ1v) is 10.7. The summed E-state index contributed by atoms with van der Waals surface area (Å²) in [6.45, 7) is 8.58. The highest BCUT2D eigenvalue weighted by molar-refractivity contribution is 5.93. The van der Waals surface area contributed by atoms with E-state index in [2.05, 4.69) is 17.0 Å².